The van der Waals surface area contributed by atoms with E-state index in [1.54, 1.807) is 55.5 Å². The van der Waals surface area contributed by atoms with Gasteiger partial charge in [0.05, 0.1) is 23.9 Å². The lowest BCUT2D eigenvalue weighted by Crippen LogP contribution is -2.24. The number of hydrogen-bond donors (Lipinski definition) is 0. The van der Waals surface area contributed by atoms with Gasteiger partial charge in [-0.15, -0.1) is 0 Å². The maximum Gasteiger partial charge on any atom is 0.340 e. The molecule has 27 heavy (non-hydrogen) atoms. The van der Waals surface area contributed by atoms with Gasteiger partial charge in [-0.25, -0.2) is 4.79 Å². The van der Waals surface area contributed by atoms with Crippen LogP contribution < -0.4 is 4.90 Å². The maximum absolute atomic E-state index is 13.1. The Morgan fingerprint density at radius 1 is 1.07 bits per heavy atom. The van der Waals surface area contributed by atoms with E-state index in [1.807, 2.05) is 0 Å². The number of methoxy groups -OCH3 is 1. The van der Waals surface area contributed by atoms with Crippen molar-refractivity contribution >= 4 is 58.4 Å². The van der Waals surface area contributed by atoms with E-state index in [0.29, 0.717) is 32.0 Å². The van der Waals surface area contributed by atoms with E-state index in [4.69, 9.17) is 39.5 Å². The van der Waals surface area contributed by atoms with Crippen LogP contribution in [-0.2, 0) is 14.3 Å². The molecular formula is C20H14Cl3NO3. The van der Waals surface area contributed by atoms with E-state index < -0.39 is 5.97 Å². The Balaban J connectivity index is 2.17. The summed E-state index contributed by atoms with van der Waals surface area (Å²) in [6, 6.07) is 11.7. The molecule has 1 amide bonds. The third kappa shape index (κ3) is 3.74. The topological polar surface area (TPSA) is 46.6 Å². The second-order valence-corrected chi connectivity index (χ2v) is 7.08. The Bertz CT molecular complexity index is 1010. The van der Waals surface area contributed by atoms with Gasteiger partial charge in [-0.1, -0.05) is 46.9 Å². The number of carbonyl (C=O) groups is 2. The largest absolute Gasteiger partial charge is 0.465 e. The van der Waals surface area contributed by atoms with Crippen molar-refractivity contribution in [3.63, 3.8) is 0 Å². The smallest absolute Gasteiger partial charge is 0.340 e. The van der Waals surface area contributed by atoms with Gasteiger partial charge in [-0.05, 0) is 48.9 Å². The lowest BCUT2D eigenvalue weighted by atomic mass is 10.0. The number of esters is 1. The SMILES string of the molecule is COC(=O)C1=C(C)N(c2cccc(Cl)c2)C(=O)/C1=C\c1ccc(Cl)cc1Cl. The molecule has 0 bridgehead atoms. The first kappa shape index (κ1) is 19.5. The molecule has 0 saturated carbocycles. The zero-order valence-corrected chi connectivity index (χ0v) is 16.7. The summed E-state index contributed by atoms with van der Waals surface area (Å²) in [5.74, 6) is -0.983. The molecule has 2 aromatic carbocycles. The zero-order valence-electron chi connectivity index (χ0n) is 14.4. The first-order valence-corrected chi connectivity index (χ1v) is 9.03. The van der Waals surface area contributed by atoms with Crippen LogP contribution in [0.3, 0.4) is 0 Å². The summed E-state index contributed by atoms with van der Waals surface area (Å²) < 4.78 is 4.88. The Hall–Kier alpha value is -2.27. The Kier molecular flexibility index (Phi) is 5.61. The number of halogens is 3. The molecule has 0 radical (unpaired) electrons. The van der Waals surface area contributed by atoms with Gasteiger partial charge in [-0.3, -0.25) is 9.69 Å². The van der Waals surface area contributed by atoms with Crippen molar-refractivity contribution in [2.24, 2.45) is 0 Å². The Labute approximate surface area is 171 Å². The van der Waals surface area contributed by atoms with Crippen LogP contribution in [0, 0.1) is 0 Å². The van der Waals surface area contributed by atoms with Gasteiger partial charge in [0.15, 0.2) is 0 Å². The first-order chi connectivity index (χ1) is 12.8. The quantitative estimate of drug-likeness (QED) is 0.483. The Morgan fingerprint density at radius 3 is 2.41 bits per heavy atom. The van der Waals surface area contributed by atoms with Crippen LogP contribution in [0.5, 0.6) is 0 Å². The predicted molar refractivity (Wildman–Crippen MR) is 108 cm³/mol. The van der Waals surface area contributed by atoms with Gasteiger partial charge in [-0.2, -0.15) is 0 Å². The lowest BCUT2D eigenvalue weighted by molar-refractivity contribution is -0.136. The Morgan fingerprint density at radius 2 is 1.78 bits per heavy atom. The summed E-state index contributed by atoms with van der Waals surface area (Å²) in [6.07, 6.45) is 1.56. The summed E-state index contributed by atoms with van der Waals surface area (Å²) in [5, 5.41) is 1.32. The minimum atomic E-state index is -0.610. The molecule has 138 valence electrons. The highest BCUT2D eigenvalue weighted by Crippen LogP contribution is 2.37. The molecule has 0 aromatic heterocycles. The van der Waals surface area contributed by atoms with Crippen LogP contribution in [0.2, 0.25) is 15.1 Å². The number of rotatable bonds is 3. The standard InChI is InChI=1S/C20H14Cl3NO3/c1-11-18(20(26)27-2)16(8-12-6-7-14(22)10-17(12)23)19(25)24(11)15-5-3-4-13(21)9-15/h3-10H,1-2H3/b16-8-. The fourth-order valence-corrected chi connectivity index (χ4v) is 3.53. The van der Waals surface area contributed by atoms with Crippen molar-refractivity contribution in [1.82, 2.24) is 0 Å². The van der Waals surface area contributed by atoms with Gasteiger partial charge in [0.2, 0.25) is 0 Å². The van der Waals surface area contributed by atoms with Crippen LogP contribution in [0.4, 0.5) is 5.69 Å². The van der Waals surface area contributed by atoms with Crippen molar-refractivity contribution in [2.45, 2.75) is 6.92 Å². The molecule has 4 nitrogen and oxygen atoms in total. The van der Waals surface area contributed by atoms with Crippen molar-refractivity contribution < 1.29 is 14.3 Å². The van der Waals surface area contributed by atoms with Gasteiger partial charge in [0.25, 0.3) is 5.91 Å². The number of hydrogen-bond acceptors (Lipinski definition) is 3. The number of carbonyl (C=O) groups excluding carboxylic acids is 2. The molecule has 0 N–H and O–H groups in total. The summed E-state index contributed by atoms with van der Waals surface area (Å²) in [7, 11) is 1.27. The van der Waals surface area contributed by atoms with Crippen LogP contribution in [0.1, 0.15) is 12.5 Å². The molecule has 3 rings (SSSR count). The van der Waals surface area contributed by atoms with Crippen molar-refractivity contribution in [3.8, 4) is 0 Å². The van der Waals surface area contributed by atoms with Gasteiger partial charge in [0.1, 0.15) is 0 Å². The second kappa shape index (κ2) is 7.77. The lowest BCUT2D eigenvalue weighted by Gasteiger charge is -2.18. The van der Waals surface area contributed by atoms with E-state index in [2.05, 4.69) is 0 Å². The molecule has 1 heterocycles. The van der Waals surface area contributed by atoms with Crippen molar-refractivity contribution in [2.75, 3.05) is 12.0 Å². The molecule has 7 heteroatoms. The van der Waals surface area contributed by atoms with E-state index in [9.17, 15) is 9.59 Å². The highest BCUT2D eigenvalue weighted by atomic mass is 35.5. The second-order valence-electron chi connectivity index (χ2n) is 5.80. The maximum atomic E-state index is 13.1. The normalized spacial score (nSPS) is 15.7. The van der Waals surface area contributed by atoms with E-state index >= 15 is 0 Å². The van der Waals surface area contributed by atoms with Gasteiger partial charge >= 0.3 is 5.97 Å². The molecule has 0 fully saturated rings. The molecule has 2 aromatic rings. The minimum absolute atomic E-state index is 0.175. The number of anilines is 1. The number of benzene rings is 2. The number of allylic oxidation sites excluding steroid dienone is 1. The summed E-state index contributed by atoms with van der Waals surface area (Å²) in [6.45, 7) is 1.68. The average Bonchev–Trinajstić information content (AvgIpc) is 2.87. The summed E-state index contributed by atoms with van der Waals surface area (Å²) in [4.78, 5) is 26.9. The van der Waals surface area contributed by atoms with E-state index in [-0.39, 0.29) is 17.1 Å². The van der Waals surface area contributed by atoms with Gasteiger partial charge in [0, 0.05) is 20.8 Å². The molecule has 0 saturated heterocycles. The number of nitrogens with zero attached hydrogens (tertiary/aromatic N) is 1. The molecule has 0 atom stereocenters. The first-order valence-electron chi connectivity index (χ1n) is 7.90. The van der Waals surface area contributed by atoms with Crippen LogP contribution in [0.25, 0.3) is 6.08 Å². The number of ether oxygens (including phenoxy) is 1. The zero-order chi connectivity index (χ0) is 19.7. The molecule has 0 aliphatic carbocycles. The third-order valence-electron chi connectivity index (χ3n) is 4.12. The summed E-state index contributed by atoms with van der Waals surface area (Å²) in [5.41, 5.74) is 1.92. The highest BCUT2D eigenvalue weighted by Gasteiger charge is 2.38. The van der Waals surface area contributed by atoms with Crippen LogP contribution >= 0.6 is 34.8 Å². The predicted octanol–water partition coefficient (Wildman–Crippen LogP) is 5.52. The molecule has 1 aliphatic rings. The highest BCUT2D eigenvalue weighted by molar-refractivity contribution is 6.36. The van der Waals surface area contributed by atoms with Crippen LogP contribution in [0.15, 0.2) is 59.3 Å². The molecule has 0 spiro atoms. The minimum Gasteiger partial charge on any atom is -0.465 e. The monoisotopic (exact) mass is 421 g/mol. The van der Waals surface area contributed by atoms with E-state index in [0.717, 1.165) is 0 Å². The average molecular weight is 423 g/mol. The van der Waals surface area contributed by atoms with E-state index in [1.165, 1.54) is 12.0 Å². The van der Waals surface area contributed by atoms with Crippen molar-refractivity contribution in [3.05, 3.63) is 79.9 Å². The van der Waals surface area contributed by atoms with Crippen LogP contribution in [-0.4, -0.2) is 19.0 Å². The van der Waals surface area contributed by atoms with Crippen molar-refractivity contribution in [1.29, 1.82) is 0 Å². The molecule has 1 aliphatic heterocycles. The van der Waals surface area contributed by atoms with Gasteiger partial charge < -0.3 is 4.74 Å². The fourth-order valence-electron chi connectivity index (χ4n) is 2.88. The number of amides is 1. The molecule has 0 unspecified atom stereocenters. The summed E-state index contributed by atoms with van der Waals surface area (Å²) >= 11 is 18.2. The third-order valence-corrected chi connectivity index (χ3v) is 4.92. The fraction of sp³-hybridized carbons (Fsp3) is 0.100. The molecular weight excluding hydrogens is 409 g/mol.